The molecule has 2 amide bonds. The third-order valence-electron chi connectivity index (χ3n) is 5.96. The molecule has 2 aromatic rings. The van der Waals surface area contributed by atoms with Gasteiger partial charge in [0, 0.05) is 31.1 Å². The third kappa shape index (κ3) is 4.43. The summed E-state index contributed by atoms with van der Waals surface area (Å²) in [5, 5.41) is 4.84. The van der Waals surface area contributed by atoms with E-state index in [1.54, 1.807) is 26.2 Å². The number of carbonyl (C=O) groups excluding carboxylic acids is 2. The quantitative estimate of drug-likeness (QED) is 0.710. The first kappa shape index (κ1) is 22.9. The highest BCUT2D eigenvalue weighted by Crippen LogP contribution is 2.47. The van der Waals surface area contributed by atoms with Gasteiger partial charge in [0.1, 0.15) is 12.4 Å². The van der Waals surface area contributed by atoms with Gasteiger partial charge in [-0.1, -0.05) is 50.6 Å². The molecule has 3 heterocycles. The molecule has 2 aliphatic rings. The summed E-state index contributed by atoms with van der Waals surface area (Å²) in [6.45, 7) is 10.7. The minimum Gasteiger partial charge on any atom is -0.378 e. The second-order valence-electron chi connectivity index (χ2n) is 9.54. The number of aryl methyl sites for hydroxylation is 2. The van der Waals surface area contributed by atoms with Crippen LogP contribution in [0.15, 0.2) is 24.3 Å². The van der Waals surface area contributed by atoms with Crippen molar-refractivity contribution in [1.82, 2.24) is 14.7 Å². The number of thioether (sulfide) groups is 1. The van der Waals surface area contributed by atoms with Gasteiger partial charge in [-0.25, -0.2) is 0 Å². The summed E-state index contributed by atoms with van der Waals surface area (Å²) in [4.78, 5) is 29.8. The number of carbonyl (C=O) groups is 2. The number of morpholine rings is 1. The SMILES string of the molecule is Cc1cccc(C2SCC(=O)N(CC(=O)N3CCOCC3)c3c2c(C(C)(C)C)nn3C)c1. The number of rotatable bonds is 3. The summed E-state index contributed by atoms with van der Waals surface area (Å²) in [5.74, 6) is 0.937. The Morgan fingerprint density at radius 3 is 2.62 bits per heavy atom. The van der Waals surface area contributed by atoms with E-state index in [-0.39, 0.29) is 29.0 Å². The molecule has 8 heteroatoms. The van der Waals surface area contributed by atoms with Crippen molar-refractivity contribution < 1.29 is 14.3 Å². The van der Waals surface area contributed by atoms with Crippen LogP contribution in [-0.2, 0) is 26.8 Å². The third-order valence-corrected chi connectivity index (χ3v) is 7.21. The fourth-order valence-electron chi connectivity index (χ4n) is 4.39. The average Bonchev–Trinajstić information content (AvgIpc) is 3.02. The second kappa shape index (κ2) is 8.90. The molecule has 0 radical (unpaired) electrons. The van der Waals surface area contributed by atoms with Gasteiger partial charge in [-0.2, -0.15) is 5.10 Å². The zero-order chi connectivity index (χ0) is 23.0. The molecular weight excluding hydrogens is 424 g/mol. The lowest BCUT2D eigenvalue weighted by Crippen LogP contribution is -2.48. The largest absolute Gasteiger partial charge is 0.378 e. The van der Waals surface area contributed by atoms with Gasteiger partial charge in [-0.3, -0.25) is 19.2 Å². The summed E-state index contributed by atoms with van der Waals surface area (Å²) in [7, 11) is 1.87. The number of ether oxygens (including phenoxy) is 1. The summed E-state index contributed by atoms with van der Waals surface area (Å²) in [5.41, 5.74) is 4.13. The Bertz CT molecular complexity index is 1020. The highest BCUT2D eigenvalue weighted by Gasteiger charge is 2.39. The topological polar surface area (TPSA) is 67.7 Å². The smallest absolute Gasteiger partial charge is 0.242 e. The van der Waals surface area contributed by atoms with Crippen LogP contribution >= 0.6 is 11.8 Å². The lowest BCUT2D eigenvalue weighted by atomic mass is 9.87. The lowest BCUT2D eigenvalue weighted by molar-refractivity contribution is -0.134. The molecule has 7 nitrogen and oxygen atoms in total. The van der Waals surface area contributed by atoms with Crippen LogP contribution in [0, 0.1) is 6.92 Å². The van der Waals surface area contributed by atoms with Crippen molar-refractivity contribution in [2.75, 3.05) is 43.5 Å². The minimum absolute atomic E-state index is 0.0239. The number of aromatic nitrogens is 2. The maximum atomic E-state index is 13.3. The normalized spacial score (nSPS) is 19.7. The second-order valence-corrected chi connectivity index (χ2v) is 10.6. The zero-order valence-corrected chi connectivity index (χ0v) is 20.4. The molecular formula is C24H32N4O3S. The van der Waals surface area contributed by atoms with E-state index in [4.69, 9.17) is 9.84 Å². The maximum absolute atomic E-state index is 13.3. The molecule has 1 fully saturated rings. The van der Waals surface area contributed by atoms with Crippen LogP contribution in [0.1, 0.15) is 48.4 Å². The van der Waals surface area contributed by atoms with Crippen molar-refractivity contribution in [3.8, 4) is 0 Å². The first-order valence-electron chi connectivity index (χ1n) is 11.1. The number of hydrogen-bond acceptors (Lipinski definition) is 5. The van der Waals surface area contributed by atoms with Gasteiger partial charge >= 0.3 is 0 Å². The summed E-state index contributed by atoms with van der Waals surface area (Å²) in [6, 6.07) is 8.44. The summed E-state index contributed by atoms with van der Waals surface area (Å²) in [6.07, 6.45) is 0. The summed E-state index contributed by atoms with van der Waals surface area (Å²) < 4.78 is 7.16. The van der Waals surface area contributed by atoms with Crippen LogP contribution in [0.25, 0.3) is 0 Å². The Morgan fingerprint density at radius 2 is 1.97 bits per heavy atom. The van der Waals surface area contributed by atoms with Crippen LogP contribution in [-0.4, -0.2) is 65.1 Å². The number of anilines is 1. The van der Waals surface area contributed by atoms with Crippen LogP contribution < -0.4 is 4.90 Å². The van der Waals surface area contributed by atoms with Crippen molar-refractivity contribution >= 4 is 29.4 Å². The Labute approximate surface area is 194 Å². The van der Waals surface area contributed by atoms with Crippen molar-refractivity contribution in [1.29, 1.82) is 0 Å². The number of nitrogens with zero attached hydrogens (tertiary/aromatic N) is 4. The molecule has 2 aliphatic heterocycles. The maximum Gasteiger partial charge on any atom is 0.242 e. The van der Waals surface area contributed by atoms with E-state index in [1.165, 1.54) is 5.56 Å². The van der Waals surface area contributed by atoms with Crippen molar-refractivity contribution in [2.45, 2.75) is 38.4 Å². The number of hydrogen-bond donors (Lipinski definition) is 0. The molecule has 0 N–H and O–H groups in total. The predicted molar refractivity (Wildman–Crippen MR) is 127 cm³/mol. The van der Waals surface area contributed by atoms with Crippen LogP contribution in [0.2, 0.25) is 0 Å². The van der Waals surface area contributed by atoms with Crippen molar-refractivity contribution in [2.24, 2.45) is 7.05 Å². The number of amides is 2. The van der Waals surface area contributed by atoms with E-state index in [0.717, 1.165) is 22.6 Å². The van der Waals surface area contributed by atoms with E-state index >= 15 is 0 Å². The number of fused-ring (bicyclic) bond motifs is 1. The van der Waals surface area contributed by atoms with E-state index in [1.807, 2.05) is 7.05 Å². The van der Waals surface area contributed by atoms with Gasteiger partial charge < -0.3 is 9.64 Å². The zero-order valence-electron chi connectivity index (χ0n) is 19.6. The molecule has 1 aromatic carbocycles. The molecule has 1 unspecified atom stereocenters. The lowest BCUT2D eigenvalue weighted by Gasteiger charge is -2.30. The van der Waals surface area contributed by atoms with Crippen LogP contribution in [0.5, 0.6) is 0 Å². The summed E-state index contributed by atoms with van der Waals surface area (Å²) >= 11 is 1.62. The molecule has 1 aromatic heterocycles. The Balaban J connectivity index is 1.81. The van der Waals surface area contributed by atoms with E-state index in [0.29, 0.717) is 32.1 Å². The molecule has 4 rings (SSSR count). The molecule has 0 bridgehead atoms. The molecule has 172 valence electrons. The molecule has 1 saturated heterocycles. The first-order valence-corrected chi connectivity index (χ1v) is 12.1. The highest BCUT2D eigenvalue weighted by molar-refractivity contribution is 8.00. The minimum atomic E-state index is -0.207. The molecule has 1 atom stereocenters. The average molecular weight is 457 g/mol. The van der Waals surface area contributed by atoms with Crippen molar-refractivity contribution in [3.05, 3.63) is 46.6 Å². The fraction of sp³-hybridized carbons (Fsp3) is 0.542. The van der Waals surface area contributed by atoms with Gasteiger partial charge in [0.15, 0.2) is 0 Å². The fourth-order valence-corrected chi connectivity index (χ4v) is 5.58. The van der Waals surface area contributed by atoms with Gasteiger partial charge in [0.05, 0.1) is 29.9 Å². The van der Waals surface area contributed by atoms with Gasteiger partial charge in [-0.05, 0) is 12.5 Å². The van der Waals surface area contributed by atoms with Gasteiger partial charge in [0.25, 0.3) is 0 Å². The van der Waals surface area contributed by atoms with Crippen molar-refractivity contribution in [3.63, 3.8) is 0 Å². The Morgan fingerprint density at radius 1 is 1.25 bits per heavy atom. The Kier molecular flexibility index (Phi) is 6.36. The molecule has 0 saturated carbocycles. The standard InChI is InChI=1S/C24H32N4O3S/c1-16-7-6-8-17(13-16)21-20-22(24(2,3)4)25-26(5)23(20)28(19(30)15-32-21)14-18(29)27-9-11-31-12-10-27/h6-8,13,21H,9-12,14-15H2,1-5H3. The van der Waals surface area contributed by atoms with E-state index in [9.17, 15) is 9.59 Å². The van der Waals surface area contributed by atoms with Crippen LogP contribution in [0.4, 0.5) is 5.82 Å². The first-order chi connectivity index (χ1) is 15.2. The highest BCUT2D eigenvalue weighted by atomic mass is 32.2. The van der Waals surface area contributed by atoms with E-state index in [2.05, 4.69) is 52.0 Å². The molecule has 0 spiro atoms. The molecule has 32 heavy (non-hydrogen) atoms. The van der Waals surface area contributed by atoms with Gasteiger partial charge in [-0.15, -0.1) is 11.8 Å². The predicted octanol–water partition coefficient (Wildman–Crippen LogP) is 3.05. The number of benzene rings is 1. The van der Waals surface area contributed by atoms with Crippen LogP contribution in [0.3, 0.4) is 0 Å². The van der Waals surface area contributed by atoms with Gasteiger partial charge in [0.2, 0.25) is 11.8 Å². The van der Waals surface area contributed by atoms with E-state index < -0.39 is 0 Å². The monoisotopic (exact) mass is 456 g/mol. The molecule has 0 aliphatic carbocycles. The Hall–Kier alpha value is -2.32.